The number of benzene rings is 3. The summed E-state index contributed by atoms with van der Waals surface area (Å²) < 4.78 is 19.2. The van der Waals surface area contributed by atoms with Crippen molar-refractivity contribution in [2.45, 2.75) is 6.54 Å². The molecule has 0 N–H and O–H groups in total. The number of nitrogens with zero attached hydrogens (tertiary/aromatic N) is 2. The van der Waals surface area contributed by atoms with Crippen LogP contribution in [0.5, 0.6) is 17.2 Å². The molecule has 1 heterocycles. The van der Waals surface area contributed by atoms with Crippen LogP contribution in [0.2, 0.25) is 0 Å². The van der Waals surface area contributed by atoms with Gasteiger partial charge in [-0.15, -0.1) is 0 Å². The summed E-state index contributed by atoms with van der Waals surface area (Å²) in [6, 6.07) is 23.9. The molecule has 0 unspecified atom stereocenters. The predicted molar refractivity (Wildman–Crippen MR) is 126 cm³/mol. The fourth-order valence-electron chi connectivity index (χ4n) is 3.50. The molecule has 1 aromatic heterocycles. The van der Waals surface area contributed by atoms with E-state index in [1.54, 1.807) is 21.3 Å². The number of hydrogen-bond acceptors (Lipinski definition) is 4. The molecule has 0 fully saturated rings. The molecule has 0 spiro atoms. The highest BCUT2D eigenvalue weighted by molar-refractivity contribution is 9.10. The zero-order valence-corrected chi connectivity index (χ0v) is 19.2. The number of ether oxygens (including phenoxy) is 3. The fourth-order valence-corrected chi connectivity index (χ4v) is 4.24. The second kappa shape index (κ2) is 9.27. The maximum absolute atomic E-state index is 5.45. The Morgan fingerprint density at radius 2 is 1.29 bits per heavy atom. The van der Waals surface area contributed by atoms with Crippen molar-refractivity contribution >= 4 is 15.9 Å². The molecular formula is C25H23BrN2O3. The Balaban J connectivity index is 1.86. The molecule has 0 aliphatic heterocycles. The molecular weight excluding hydrogens is 456 g/mol. The first-order valence-corrected chi connectivity index (χ1v) is 10.6. The Morgan fingerprint density at radius 1 is 0.742 bits per heavy atom. The minimum atomic E-state index is 0.590. The summed E-state index contributed by atoms with van der Waals surface area (Å²) >= 11 is 3.82. The summed E-state index contributed by atoms with van der Waals surface area (Å²) in [5.74, 6) is 2.40. The molecule has 0 saturated carbocycles. The Kier molecular flexibility index (Phi) is 6.28. The average Bonchev–Trinajstić information content (AvgIpc) is 3.14. The summed E-state index contributed by atoms with van der Waals surface area (Å²) in [6.07, 6.45) is 0. The summed E-state index contributed by atoms with van der Waals surface area (Å²) in [4.78, 5) is 0. The molecule has 0 radical (unpaired) electrons. The van der Waals surface area contributed by atoms with E-state index in [2.05, 4.69) is 28.1 Å². The van der Waals surface area contributed by atoms with Gasteiger partial charge in [-0.05, 0) is 57.9 Å². The zero-order chi connectivity index (χ0) is 21.8. The van der Waals surface area contributed by atoms with E-state index in [1.807, 2.05) is 65.3 Å². The summed E-state index contributed by atoms with van der Waals surface area (Å²) in [7, 11) is 5.01. The van der Waals surface area contributed by atoms with E-state index in [-0.39, 0.29) is 0 Å². The minimum Gasteiger partial charge on any atom is -0.497 e. The van der Waals surface area contributed by atoms with Crippen LogP contribution in [0.3, 0.4) is 0 Å². The van der Waals surface area contributed by atoms with E-state index in [1.165, 1.54) is 0 Å². The van der Waals surface area contributed by atoms with Gasteiger partial charge in [0.15, 0.2) is 0 Å². The zero-order valence-electron chi connectivity index (χ0n) is 17.6. The molecule has 0 aliphatic rings. The van der Waals surface area contributed by atoms with Crippen LogP contribution in [-0.2, 0) is 6.54 Å². The van der Waals surface area contributed by atoms with E-state index < -0.39 is 0 Å². The van der Waals surface area contributed by atoms with Crippen molar-refractivity contribution in [1.29, 1.82) is 0 Å². The van der Waals surface area contributed by atoms with Crippen molar-refractivity contribution in [1.82, 2.24) is 9.78 Å². The third-order valence-electron chi connectivity index (χ3n) is 5.05. The molecule has 0 bridgehead atoms. The molecule has 5 nitrogen and oxygen atoms in total. The molecule has 31 heavy (non-hydrogen) atoms. The Labute approximate surface area is 190 Å². The van der Waals surface area contributed by atoms with Crippen molar-refractivity contribution in [3.63, 3.8) is 0 Å². The van der Waals surface area contributed by atoms with Gasteiger partial charge in [-0.3, -0.25) is 4.68 Å². The van der Waals surface area contributed by atoms with Gasteiger partial charge in [0.1, 0.15) is 22.9 Å². The molecule has 6 heteroatoms. The Morgan fingerprint density at radius 3 is 1.94 bits per heavy atom. The largest absolute Gasteiger partial charge is 0.497 e. The first-order valence-electron chi connectivity index (χ1n) is 9.81. The number of methoxy groups -OCH3 is 3. The second-order valence-corrected chi connectivity index (χ2v) is 7.78. The summed E-state index contributed by atoms with van der Waals surface area (Å²) in [5.41, 5.74) is 4.89. The SMILES string of the molecule is COc1cccc(Cn2nc(-c3cccc(OC)c3)c(Br)c2-c2cccc(OC)c2)c1. The Bertz CT molecular complexity index is 1200. The topological polar surface area (TPSA) is 45.5 Å². The molecule has 0 atom stereocenters. The van der Waals surface area contributed by atoms with Crippen LogP contribution in [0.15, 0.2) is 77.3 Å². The van der Waals surface area contributed by atoms with Crippen LogP contribution in [-0.4, -0.2) is 31.1 Å². The van der Waals surface area contributed by atoms with Gasteiger partial charge in [0, 0.05) is 11.1 Å². The average molecular weight is 479 g/mol. The predicted octanol–water partition coefficient (Wildman–Crippen LogP) is 6.05. The number of rotatable bonds is 7. The van der Waals surface area contributed by atoms with Gasteiger partial charge >= 0.3 is 0 Å². The first kappa shape index (κ1) is 21.0. The summed E-state index contributed by atoms with van der Waals surface area (Å²) in [6.45, 7) is 0.590. The van der Waals surface area contributed by atoms with Crippen LogP contribution in [0, 0.1) is 0 Å². The normalized spacial score (nSPS) is 10.7. The van der Waals surface area contributed by atoms with Crippen molar-refractivity contribution in [2.24, 2.45) is 0 Å². The molecule has 4 aromatic rings. The lowest BCUT2D eigenvalue weighted by atomic mass is 10.1. The van der Waals surface area contributed by atoms with E-state index >= 15 is 0 Å². The Hall–Kier alpha value is -3.25. The highest BCUT2D eigenvalue weighted by Gasteiger charge is 2.20. The molecule has 0 amide bonds. The van der Waals surface area contributed by atoms with Crippen molar-refractivity contribution in [3.8, 4) is 39.8 Å². The molecule has 4 rings (SSSR count). The summed E-state index contributed by atoms with van der Waals surface area (Å²) in [5, 5.41) is 4.97. The fraction of sp³-hybridized carbons (Fsp3) is 0.160. The third kappa shape index (κ3) is 4.44. The quantitative estimate of drug-likeness (QED) is 0.324. The van der Waals surface area contributed by atoms with E-state index in [0.717, 1.165) is 49.8 Å². The number of aromatic nitrogens is 2. The van der Waals surface area contributed by atoms with Crippen LogP contribution in [0.25, 0.3) is 22.5 Å². The van der Waals surface area contributed by atoms with Gasteiger partial charge < -0.3 is 14.2 Å². The number of halogens is 1. The molecule has 158 valence electrons. The lowest BCUT2D eigenvalue weighted by Gasteiger charge is -2.10. The van der Waals surface area contributed by atoms with Gasteiger partial charge in [0.25, 0.3) is 0 Å². The van der Waals surface area contributed by atoms with Crippen LogP contribution >= 0.6 is 15.9 Å². The van der Waals surface area contributed by atoms with Gasteiger partial charge in [0.2, 0.25) is 0 Å². The lowest BCUT2D eigenvalue weighted by Crippen LogP contribution is -2.04. The molecule has 0 aliphatic carbocycles. The van der Waals surface area contributed by atoms with Crippen molar-refractivity contribution < 1.29 is 14.2 Å². The highest BCUT2D eigenvalue weighted by Crippen LogP contribution is 2.38. The van der Waals surface area contributed by atoms with E-state index in [4.69, 9.17) is 19.3 Å². The minimum absolute atomic E-state index is 0.590. The first-order chi connectivity index (χ1) is 15.1. The third-order valence-corrected chi connectivity index (χ3v) is 5.80. The van der Waals surface area contributed by atoms with Gasteiger partial charge in [-0.25, -0.2) is 0 Å². The van der Waals surface area contributed by atoms with Crippen LogP contribution < -0.4 is 14.2 Å². The molecule has 3 aromatic carbocycles. The standard InChI is InChI=1S/C25H23BrN2O3/c1-29-20-10-4-7-17(13-20)16-28-25(19-9-6-12-22(15-19)31-3)23(26)24(27-28)18-8-5-11-21(14-18)30-2/h4-15H,16H2,1-3H3. The van der Waals surface area contributed by atoms with Crippen LogP contribution in [0.1, 0.15) is 5.56 Å². The maximum Gasteiger partial charge on any atom is 0.119 e. The van der Waals surface area contributed by atoms with E-state index in [0.29, 0.717) is 6.54 Å². The maximum atomic E-state index is 5.45. The van der Waals surface area contributed by atoms with Gasteiger partial charge in [-0.1, -0.05) is 36.4 Å². The van der Waals surface area contributed by atoms with Crippen LogP contribution in [0.4, 0.5) is 0 Å². The van der Waals surface area contributed by atoms with Gasteiger partial charge in [0.05, 0.1) is 38.0 Å². The van der Waals surface area contributed by atoms with Crippen molar-refractivity contribution in [2.75, 3.05) is 21.3 Å². The number of hydrogen-bond donors (Lipinski definition) is 0. The van der Waals surface area contributed by atoms with E-state index in [9.17, 15) is 0 Å². The smallest absolute Gasteiger partial charge is 0.119 e. The van der Waals surface area contributed by atoms with Gasteiger partial charge in [-0.2, -0.15) is 5.10 Å². The lowest BCUT2D eigenvalue weighted by molar-refractivity contribution is 0.414. The highest BCUT2D eigenvalue weighted by atomic mass is 79.9. The second-order valence-electron chi connectivity index (χ2n) is 6.98. The molecule has 0 saturated heterocycles. The monoisotopic (exact) mass is 478 g/mol. The van der Waals surface area contributed by atoms with Crippen molar-refractivity contribution in [3.05, 3.63) is 82.8 Å².